The lowest BCUT2D eigenvalue weighted by atomic mass is 10.2. The van der Waals surface area contributed by atoms with Gasteiger partial charge in [0.1, 0.15) is 0 Å². The van der Waals surface area contributed by atoms with Crippen molar-refractivity contribution in [1.82, 2.24) is 15.1 Å². The Hall–Kier alpha value is -2.18. The SMILES string of the molecule is O=C(Nc1cnn(Cc2ccccc2)c1)[C@@H]1C[C@@H](O)CN1. The minimum atomic E-state index is -0.443. The van der Waals surface area contributed by atoms with Crippen LogP contribution in [0.1, 0.15) is 12.0 Å². The van der Waals surface area contributed by atoms with Crippen molar-refractivity contribution in [2.75, 3.05) is 11.9 Å². The molecular weight excluding hydrogens is 268 g/mol. The average molecular weight is 286 g/mol. The molecule has 6 nitrogen and oxygen atoms in total. The van der Waals surface area contributed by atoms with E-state index in [4.69, 9.17) is 0 Å². The summed E-state index contributed by atoms with van der Waals surface area (Å²) in [6, 6.07) is 9.67. The maximum Gasteiger partial charge on any atom is 0.241 e. The largest absolute Gasteiger partial charge is 0.392 e. The van der Waals surface area contributed by atoms with E-state index in [-0.39, 0.29) is 11.9 Å². The van der Waals surface area contributed by atoms with Crippen LogP contribution < -0.4 is 10.6 Å². The molecule has 2 aromatic rings. The molecule has 1 saturated heterocycles. The number of rotatable bonds is 4. The molecule has 3 rings (SSSR count). The smallest absolute Gasteiger partial charge is 0.241 e. The Balaban J connectivity index is 1.59. The molecule has 0 saturated carbocycles. The lowest BCUT2D eigenvalue weighted by Crippen LogP contribution is -2.35. The number of benzene rings is 1. The van der Waals surface area contributed by atoms with Crippen molar-refractivity contribution in [3.8, 4) is 0 Å². The first kappa shape index (κ1) is 13.8. The van der Waals surface area contributed by atoms with Crippen molar-refractivity contribution in [1.29, 1.82) is 0 Å². The Labute approximate surface area is 122 Å². The summed E-state index contributed by atoms with van der Waals surface area (Å²) in [7, 11) is 0. The van der Waals surface area contributed by atoms with Gasteiger partial charge < -0.3 is 15.7 Å². The topological polar surface area (TPSA) is 79.2 Å². The number of hydrogen-bond donors (Lipinski definition) is 3. The standard InChI is InChI=1S/C15H18N4O2/c20-13-6-14(16-8-13)15(21)18-12-7-17-19(10-12)9-11-4-2-1-3-5-11/h1-5,7,10,13-14,16,20H,6,8-9H2,(H,18,21)/t13-,14+/m1/s1. The van der Waals surface area contributed by atoms with Crippen LogP contribution in [-0.2, 0) is 11.3 Å². The Kier molecular flexibility index (Phi) is 3.98. The number of amides is 1. The fourth-order valence-corrected chi connectivity index (χ4v) is 2.43. The number of aromatic nitrogens is 2. The summed E-state index contributed by atoms with van der Waals surface area (Å²) in [6.07, 6.45) is 3.44. The van der Waals surface area contributed by atoms with Crippen LogP contribution in [0.15, 0.2) is 42.7 Å². The van der Waals surface area contributed by atoms with Crippen LogP contribution in [0.2, 0.25) is 0 Å². The van der Waals surface area contributed by atoms with Gasteiger partial charge in [0.15, 0.2) is 0 Å². The van der Waals surface area contributed by atoms with E-state index in [1.54, 1.807) is 17.1 Å². The van der Waals surface area contributed by atoms with Crippen molar-refractivity contribution in [3.63, 3.8) is 0 Å². The van der Waals surface area contributed by atoms with E-state index in [0.717, 1.165) is 5.56 Å². The molecule has 0 aliphatic carbocycles. The van der Waals surface area contributed by atoms with E-state index < -0.39 is 6.10 Å². The molecule has 3 N–H and O–H groups in total. The number of carbonyl (C=O) groups is 1. The zero-order valence-corrected chi connectivity index (χ0v) is 11.6. The first-order valence-electron chi connectivity index (χ1n) is 6.99. The zero-order valence-electron chi connectivity index (χ0n) is 11.6. The normalized spacial score (nSPS) is 21.4. The first-order chi connectivity index (χ1) is 10.2. The van der Waals surface area contributed by atoms with Gasteiger partial charge in [0, 0.05) is 12.7 Å². The Morgan fingerprint density at radius 3 is 2.95 bits per heavy atom. The van der Waals surface area contributed by atoms with Crippen LogP contribution in [0, 0.1) is 0 Å². The molecular formula is C15H18N4O2. The maximum atomic E-state index is 12.0. The maximum absolute atomic E-state index is 12.0. The highest BCUT2D eigenvalue weighted by atomic mass is 16.3. The lowest BCUT2D eigenvalue weighted by Gasteiger charge is -2.09. The van der Waals surface area contributed by atoms with Crippen LogP contribution in [0.3, 0.4) is 0 Å². The number of carbonyl (C=O) groups excluding carboxylic acids is 1. The van der Waals surface area contributed by atoms with E-state index >= 15 is 0 Å². The van der Waals surface area contributed by atoms with Crippen LogP contribution in [0.25, 0.3) is 0 Å². The molecule has 1 aromatic heterocycles. The molecule has 21 heavy (non-hydrogen) atoms. The Morgan fingerprint density at radius 2 is 2.24 bits per heavy atom. The van der Waals surface area contributed by atoms with Gasteiger partial charge in [-0.2, -0.15) is 5.10 Å². The lowest BCUT2D eigenvalue weighted by molar-refractivity contribution is -0.117. The molecule has 0 radical (unpaired) electrons. The molecule has 0 spiro atoms. The third-order valence-corrected chi connectivity index (χ3v) is 3.51. The van der Waals surface area contributed by atoms with E-state index in [2.05, 4.69) is 15.7 Å². The predicted molar refractivity (Wildman–Crippen MR) is 78.8 cm³/mol. The second-order valence-electron chi connectivity index (χ2n) is 5.25. The fourth-order valence-electron chi connectivity index (χ4n) is 2.43. The zero-order chi connectivity index (χ0) is 14.7. The molecule has 1 fully saturated rings. The third kappa shape index (κ3) is 3.48. The Morgan fingerprint density at radius 1 is 1.43 bits per heavy atom. The highest BCUT2D eigenvalue weighted by Crippen LogP contribution is 2.11. The van der Waals surface area contributed by atoms with Gasteiger partial charge in [0.05, 0.1) is 30.6 Å². The molecule has 2 atom stereocenters. The van der Waals surface area contributed by atoms with E-state index in [0.29, 0.717) is 25.2 Å². The number of aliphatic hydroxyl groups is 1. The van der Waals surface area contributed by atoms with Crippen LogP contribution in [0.4, 0.5) is 5.69 Å². The molecule has 6 heteroatoms. The van der Waals surface area contributed by atoms with E-state index in [1.807, 2.05) is 30.3 Å². The van der Waals surface area contributed by atoms with Gasteiger partial charge in [-0.05, 0) is 12.0 Å². The summed E-state index contributed by atoms with van der Waals surface area (Å²) < 4.78 is 1.78. The molecule has 1 aliphatic rings. The van der Waals surface area contributed by atoms with Crippen molar-refractivity contribution in [2.45, 2.75) is 25.1 Å². The number of hydrogen-bond acceptors (Lipinski definition) is 4. The van der Waals surface area contributed by atoms with Gasteiger partial charge in [0.25, 0.3) is 0 Å². The van der Waals surface area contributed by atoms with Gasteiger partial charge in [-0.25, -0.2) is 0 Å². The molecule has 2 heterocycles. The van der Waals surface area contributed by atoms with Crippen LogP contribution in [0.5, 0.6) is 0 Å². The number of β-amino-alcohol motifs (C(OH)–C–C–N with tert-alkyl or cyclic N) is 1. The van der Waals surface area contributed by atoms with Gasteiger partial charge in [-0.3, -0.25) is 9.48 Å². The quantitative estimate of drug-likeness (QED) is 0.769. The number of nitrogens with one attached hydrogen (secondary N) is 2. The Bertz CT molecular complexity index is 611. The summed E-state index contributed by atoms with van der Waals surface area (Å²) >= 11 is 0. The fraction of sp³-hybridized carbons (Fsp3) is 0.333. The van der Waals surface area contributed by atoms with Crippen LogP contribution in [-0.4, -0.2) is 39.5 Å². The minimum Gasteiger partial charge on any atom is -0.392 e. The summed E-state index contributed by atoms with van der Waals surface area (Å²) in [5.41, 5.74) is 1.82. The minimum absolute atomic E-state index is 0.134. The summed E-state index contributed by atoms with van der Waals surface area (Å²) in [4.78, 5) is 12.0. The van der Waals surface area contributed by atoms with Crippen molar-refractivity contribution < 1.29 is 9.90 Å². The van der Waals surface area contributed by atoms with Crippen molar-refractivity contribution in [2.24, 2.45) is 0 Å². The predicted octanol–water partition coefficient (Wildman–Crippen LogP) is 0.593. The summed E-state index contributed by atoms with van der Waals surface area (Å²) in [6.45, 7) is 1.13. The van der Waals surface area contributed by atoms with Gasteiger partial charge in [-0.1, -0.05) is 30.3 Å². The van der Waals surface area contributed by atoms with Crippen molar-refractivity contribution >= 4 is 11.6 Å². The van der Waals surface area contributed by atoms with Gasteiger partial charge >= 0.3 is 0 Å². The van der Waals surface area contributed by atoms with Gasteiger partial charge in [-0.15, -0.1) is 0 Å². The summed E-state index contributed by atoms with van der Waals surface area (Å²) in [5.74, 6) is -0.134. The number of aliphatic hydroxyl groups excluding tert-OH is 1. The molecule has 1 amide bonds. The molecule has 1 aliphatic heterocycles. The van der Waals surface area contributed by atoms with E-state index in [9.17, 15) is 9.90 Å². The second kappa shape index (κ2) is 6.07. The highest BCUT2D eigenvalue weighted by molar-refractivity contribution is 5.94. The highest BCUT2D eigenvalue weighted by Gasteiger charge is 2.28. The molecule has 0 unspecified atom stereocenters. The number of anilines is 1. The summed E-state index contributed by atoms with van der Waals surface area (Å²) in [5, 5.41) is 19.5. The molecule has 1 aromatic carbocycles. The molecule has 110 valence electrons. The second-order valence-corrected chi connectivity index (χ2v) is 5.25. The number of nitrogens with zero attached hydrogens (tertiary/aromatic N) is 2. The van der Waals surface area contributed by atoms with E-state index in [1.165, 1.54) is 0 Å². The molecule has 0 bridgehead atoms. The van der Waals surface area contributed by atoms with Crippen molar-refractivity contribution in [3.05, 3.63) is 48.3 Å². The average Bonchev–Trinajstić information content (AvgIpc) is 3.09. The van der Waals surface area contributed by atoms with Crippen LogP contribution >= 0.6 is 0 Å². The monoisotopic (exact) mass is 286 g/mol. The first-order valence-corrected chi connectivity index (χ1v) is 6.99. The van der Waals surface area contributed by atoms with Gasteiger partial charge in [0.2, 0.25) is 5.91 Å². The third-order valence-electron chi connectivity index (χ3n) is 3.51.